The molecule has 0 saturated heterocycles. The van der Waals surface area contributed by atoms with E-state index < -0.39 is 0 Å². The molecule has 20 heavy (non-hydrogen) atoms. The Balaban J connectivity index is 2.24. The predicted octanol–water partition coefficient (Wildman–Crippen LogP) is 4.19. The van der Waals surface area contributed by atoms with Gasteiger partial charge in [0, 0.05) is 17.8 Å². The van der Waals surface area contributed by atoms with Gasteiger partial charge >= 0.3 is 0 Å². The lowest BCUT2D eigenvalue weighted by atomic mass is 10.2. The number of aromatic nitrogens is 4. The molecule has 0 aliphatic rings. The molecule has 0 amide bonds. The molecule has 2 unspecified atom stereocenters. The average Bonchev–Trinajstić information content (AvgIpc) is 3.08. The Bertz CT molecular complexity index is 705. The van der Waals surface area contributed by atoms with E-state index in [2.05, 4.69) is 26.4 Å². The second kappa shape index (κ2) is 5.50. The van der Waals surface area contributed by atoms with Crippen LogP contribution in [0.2, 0.25) is 0 Å². The van der Waals surface area contributed by atoms with Gasteiger partial charge in [0.05, 0.1) is 23.1 Å². The minimum atomic E-state index is -0.156. The lowest BCUT2D eigenvalue weighted by molar-refractivity contribution is 0.552. The molecule has 0 N–H and O–H groups in total. The van der Waals surface area contributed by atoms with Gasteiger partial charge in [-0.3, -0.25) is 4.98 Å². The van der Waals surface area contributed by atoms with Crippen LogP contribution in [0.5, 0.6) is 0 Å². The molecule has 0 radical (unpaired) electrons. The summed E-state index contributed by atoms with van der Waals surface area (Å²) in [5, 5.41) is 2.93. The van der Waals surface area contributed by atoms with Crippen molar-refractivity contribution in [2.24, 2.45) is 0 Å². The van der Waals surface area contributed by atoms with Gasteiger partial charge in [-0.1, -0.05) is 6.92 Å². The molecule has 0 spiro atoms. The maximum Gasteiger partial charge on any atom is 0.128 e. The highest BCUT2D eigenvalue weighted by molar-refractivity contribution is 7.09. The Kier molecular flexibility index (Phi) is 3.72. The van der Waals surface area contributed by atoms with Crippen LogP contribution in [-0.2, 0) is 0 Å². The van der Waals surface area contributed by atoms with E-state index in [1.165, 1.54) is 0 Å². The summed E-state index contributed by atoms with van der Waals surface area (Å²) in [6, 6.07) is 2.15. The monoisotopic (exact) mass is 306 g/mol. The van der Waals surface area contributed by atoms with Crippen molar-refractivity contribution in [2.75, 3.05) is 0 Å². The Morgan fingerprint density at radius 2 is 2.25 bits per heavy atom. The van der Waals surface area contributed by atoms with Crippen molar-refractivity contribution in [3.05, 3.63) is 40.9 Å². The van der Waals surface area contributed by atoms with Gasteiger partial charge in [0.15, 0.2) is 0 Å². The maximum atomic E-state index is 6.32. The normalized spacial score (nSPS) is 14.6. The molecule has 0 saturated carbocycles. The topological polar surface area (TPSA) is 43.6 Å². The predicted molar refractivity (Wildman–Crippen MR) is 82.3 cm³/mol. The van der Waals surface area contributed by atoms with Gasteiger partial charge in [0.25, 0.3) is 0 Å². The largest absolute Gasteiger partial charge is 0.317 e. The van der Waals surface area contributed by atoms with Crippen molar-refractivity contribution in [3.8, 4) is 0 Å². The van der Waals surface area contributed by atoms with Crippen molar-refractivity contribution in [1.29, 1.82) is 0 Å². The van der Waals surface area contributed by atoms with E-state index in [9.17, 15) is 0 Å². The van der Waals surface area contributed by atoms with E-state index in [1.807, 2.05) is 24.6 Å². The Hall–Kier alpha value is -1.46. The summed E-state index contributed by atoms with van der Waals surface area (Å²) in [6.45, 7) is 4.10. The fourth-order valence-electron chi connectivity index (χ4n) is 2.44. The SMILES string of the molecule is CCC(c1nccs1)n1c(C(C)Cl)nc2cnccc21. The van der Waals surface area contributed by atoms with Gasteiger partial charge in [0.2, 0.25) is 0 Å². The van der Waals surface area contributed by atoms with Gasteiger partial charge in [-0.05, 0) is 19.4 Å². The number of rotatable bonds is 4. The zero-order valence-corrected chi connectivity index (χ0v) is 12.9. The molecule has 3 heterocycles. The smallest absolute Gasteiger partial charge is 0.128 e. The summed E-state index contributed by atoms with van der Waals surface area (Å²) in [4.78, 5) is 13.2. The van der Waals surface area contributed by atoms with Crippen LogP contribution in [0.3, 0.4) is 0 Å². The first-order valence-electron chi connectivity index (χ1n) is 6.57. The maximum absolute atomic E-state index is 6.32. The lowest BCUT2D eigenvalue weighted by Crippen LogP contribution is -2.13. The molecular weight excluding hydrogens is 292 g/mol. The quantitative estimate of drug-likeness (QED) is 0.679. The van der Waals surface area contributed by atoms with E-state index in [1.54, 1.807) is 23.7 Å². The van der Waals surface area contributed by atoms with Crippen molar-refractivity contribution in [1.82, 2.24) is 19.5 Å². The second-order valence-electron chi connectivity index (χ2n) is 4.61. The number of hydrogen-bond donors (Lipinski definition) is 0. The van der Waals surface area contributed by atoms with E-state index in [0.717, 1.165) is 28.3 Å². The summed E-state index contributed by atoms with van der Waals surface area (Å²) in [5.74, 6) is 0.872. The second-order valence-corrected chi connectivity index (χ2v) is 6.20. The molecule has 104 valence electrons. The van der Waals surface area contributed by atoms with Crippen LogP contribution in [0.25, 0.3) is 11.0 Å². The number of thiazole rings is 1. The number of alkyl halides is 1. The number of pyridine rings is 1. The van der Waals surface area contributed by atoms with Gasteiger partial charge < -0.3 is 4.57 Å². The molecule has 4 nitrogen and oxygen atoms in total. The van der Waals surface area contributed by atoms with Crippen LogP contribution in [-0.4, -0.2) is 19.5 Å². The molecule has 0 aliphatic heterocycles. The van der Waals surface area contributed by atoms with Crippen LogP contribution in [0.4, 0.5) is 0 Å². The molecule has 3 rings (SSSR count). The van der Waals surface area contributed by atoms with Crippen molar-refractivity contribution in [2.45, 2.75) is 31.7 Å². The molecule has 3 aromatic heterocycles. The van der Waals surface area contributed by atoms with Gasteiger partial charge in [-0.2, -0.15) is 0 Å². The molecule has 6 heteroatoms. The van der Waals surface area contributed by atoms with Crippen LogP contribution in [0, 0.1) is 0 Å². The molecule has 0 bridgehead atoms. The minimum absolute atomic E-state index is 0.156. The molecule has 2 atom stereocenters. The molecule has 0 aromatic carbocycles. The first-order chi connectivity index (χ1) is 9.72. The zero-order chi connectivity index (χ0) is 14.1. The van der Waals surface area contributed by atoms with Crippen LogP contribution in [0.1, 0.15) is 42.5 Å². The summed E-state index contributed by atoms with van der Waals surface area (Å²) in [6.07, 6.45) is 6.35. The summed E-state index contributed by atoms with van der Waals surface area (Å²) in [5.41, 5.74) is 1.94. The molecule has 0 fully saturated rings. The molecule has 3 aromatic rings. The van der Waals surface area contributed by atoms with Crippen molar-refractivity contribution < 1.29 is 0 Å². The summed E-state index contributed by atoms with van der Waals surface area (Å²) < 4.78 is 2.20. The fourth-order valence-corrected chi connectivity index (χ4v) is 3.41. The summed E-state index contributed by atoms with van der Waals surface area (Å²) >= 11 is 7.99. The number of hydrogen-bond acceptors (Lipinski definition) is 4. The number of imidazole rings is 1. The highest BCUT2D eigenvalue weighted by atomic mass is 35.5. The zero-order valence-electron chi connectivity index (χ0n) is 11.3. The lowest BCUT2D eigenvalue weighted by Gasteiger charge is -2.19. The molecule has 0 aliphatic carbocycles. The third-order valence-electron chi connectivity index (χ3n) is 3.31. The van der Waals surface area contributed by atoms with Crippen LogP contribution in [0.15, 0.2) is 30.0 Å². The van der Waals surface area contributed by atoms with Crippen molar-refractivity contribution >= 4 is 34.0 Å². The van der Waals surface area contributed by atoms with Gasteiger partial charge in [-0.25, -0.2) is 9.97 Å². The highest BCUT2D eigenvalue weighted by Gasteiger charge is 2.23. The number of fused-ring (bicyclic) bond motifs is 1. The third-order valence-corrected chi connectivity index (χ3v) is 4.38. The van der Waals surface area contributed by atoms with E-state index >= 15 is 0 Å². The first kappa shape index (κ1) is 13.5. The van der Waals surface area contributed by atoms with Crippen LogP contribution < -0.4 is 0 Å². The van der Waals surface area contributed by atoms with E-state index in [4.69, 9.17) is 11.6 Å². The van der Waals surface area contributed by atoms with Gasteiger partial charge in [0.1, 0.15) is 16.3 Å². The summed E-state index contributed by atoms with van der Waals surface area (Å²) in [7, 11) is 0. The van der Waals surface area contributed by atoms with E-state index in [0.29, 0.717) is 0 Å². The Labute approximate surface area is 126 Å². The number of halogens is 1. The molecular formula is C14H15ClN4S. The highest BCUT2D eigenvalue weighted by Crippen LogP contribution is 2.33. The third kappa shape index (κ3) is 2.21. The standard InChI is InChI=1S/C14H15ClN4S/c1-3-11(14-17-6-7-20-14)19-12-4-5-16-8-10(12)18-13(19)9(2)15/h4-9,11H,3H2,1-2H3. The van der Waals surface area contributed by atoms with Crippen molar-refractivity contribution in [3.63, 3.8) is 0 Å². The Morgan fingerprint density at radius 1 is 1.40 bits per heavy atom. The van der Waals surface area contributed by atoms with Gasteiger partial charge in [-0.15, -0.1) is 22.9 Å². The van der Waals surface area contributed by atoms with E-state index in [-0.39, 0.29) is 11.4 Å². The average molecular weight is 307 g/mol. The van der Waals surface area contributed by atoms with Crippen LogP contribution >= 0.6 is 22.9 Å². The number of nitrogens with zero attached hydrogens (tertiary/aromatic N) is 4. The minimum Gasteiger partial charge on any atom is -0.317 e. The Morgan fingerprint density at radius 3 is 2.90 bits per heavy atom. The fraction of sp³-hybridized carbons (Fsp3) is 0.357. The first-order valence-corrected chi connectivity index (χ1v) is 7.89.